The Morgan fingerprint density at radius 3 is 2.73 bits per heavy atom. The number of nitrogens with two attached hydrogens (primary N) is 1. The smallest absolute Gasteiger partial charge is 0.330 e. The quantitative estimate of drug-likeness (QED) is 0.357. The van der Waals surface area contributed by atoms with Crippen LogP contribution >= 0.6 is 0 Å². The highest BCUT2D eigenvalue weighted by molar-refractivity contribution is 5.07. The third-order valence-corrected chi connectivity index (χ3v) is 3.81. The van der Waals surface area contributed by atoms with Gasteiger partial charge in [-0.05, 0) is 6.92 Å². The van der Waals surface area contributed by atoms with Gasteiger partial charge in [0.25, 0.3) is 5.56 Å². The third kappa shape index (κ3) is 2.60. The van der Waals surface area contributed by atoms with Crippen molar-refractivity contribution in [1.82, 2.24) is 9.55 Å². The summed E-state index contributed by atoms with van der Waals surface area (Å²) >= 11 is 0. The first-order valence-corrected chi connectivity index (χ1v) is 6.67. The van der Waals surface area contributed by atoms with Crippen LogP contribution in [0.3, 0.4) is 0 Å². The van der Waals surface area contributed by atoms with Crippen molar-refractivity contribution in [3.63, 3.8) is 0 Å². The van der Waals surface area contributed by atoms with E-state index in [1.807, 2.05) is 0 Å². The fourth-order valence-electron chi connectivity index (χ4n) is 2.60. The second-order valence-electron chi connectivity index (χ2n) is 5.18. The van der Waals surface area contributed by atoms with Gasteiger partial charge < -0.3 is 24.9 Å². The van der Waals surface area contributed by atoms with Crippen molar-refractivity contribution in [1.29, 1.82) is 0 Å². The summed E-state index contributed by atoms with van der Waals surface area (Å²) in [6.45, 7) is 0.830. The SMILES string of the molecule is Cc1cn([C@]2(CCON)O[C@H](CO)[C@@H](O)[C@H]2O)c(=O)[nH]c1=O. The summed E-state index contributed by atoms with van der Waals surface area (Å²) < 4.78 is 6.52. The molecule has 4 atom stereocenters. The van der Waals surface area contributed by atoms with Gasteiger partial charge in [-0.2, -0.15) is 0 Å². The molecule has 0 bridgehead atoms. The fourth-order valence-corrected chi connectivity index (χ4v) is 2.60. The number of ether oxygens (including phenoxy) is 1. The molecule has 0 aromatic carbocycles. The van der Waals surface area contributed by atoms with Crippen molar-refractivity contribution in [3.05, 3.63) is 32.6 Å². The van der Waals surface area contributed by atoms with Gasteiger partial charge in [0.2, 0.25) is 0 Å². The minimum Gasteiger partial charge on any atom is -0.394 e. The first-order valence-electron chi connectivity index (χ1n) is 6.67. The van der Waals surface area contributed by atoms with Crippen LogP contribution in [-0.4, -0.2) is 56.4 Å². The van der Waals surface area contributed by atoms with Gasteiger partial charge in [0, 0.05) is 18.2 Å². The molecule has 10 nitrogen and oxygen atoms in total. The predicted molar refractivity (Wildman–Crippen MR) is 72.8 cm³/mol. The highest BCUT2D eigenvalue weighted by Crippen LogP contribution is 2.37. The van der Waals surface area contributed by atoms with E-state index in [-0.39, 0.29) is 18.6 Å². The zero-order valence-electron chi connectivity index (χ0n) is 11.9. The minimum atomic E-state index is -1.71. The maximum Gasteiger partial charge on any atom is 0.330 e. The third-order valence-electron chi connectivity index (χ3n) is 3.81. The van der Waals surface area contributed by atoms with Crippen molar-refractivity contribution >= 4 is 0 Å². The van der Waals surface area contributed by atoms with Gasteiger partial charge in [0.15, 0.2) is 5.72 Å². The van der Waals surface area contributed by atoms with Crippen LogP contribution in [0.4, 0.5) is 0 Å². The Bertz CT molecular complexity index is 642. The van der Waals surface area contributed by atoms with E-state index in [0.29, 0.717) is 0 Å². The summed E-state index contributed by atoms with van der Waals surface area (Å²) in [4.78, 5) is 30.2. The lowest BCUT2D eigenvalue weighted by Gasteiger charge is -2.33. The monoisotopic (exact) mass is 317 g/mol. The number of aliphatic hydroxyl groups excluding tert-OH is 3. The highest BCUT2D eigenvalue weighted by atomic mass is 16.6. The van der Waals surface area contributed by atoms with E-state index in [2.05, 4.69) is 9.82 Å². The summed E-state index contributed by atoms with van der Waals surface area (Å²) in [6, 6.07) is 0. The number of aryl methyl sites for hydroxylation is 1. The van der Waals surface area contributed by atoms with Gasteiger partial charge in [-0.3, -0.25) is 14.3 Å². The molecule has 1 fully saturated rings. The van der Waals surface area contributed by atoms with Gasteiger partial charge in [-0.15, -0.1) is 0 Å². The summed E-state index contributed by atoms with van der Waals surface area (Å²) in [5.41, 5.74) is -2.89. The van der Waals surface area contributed by atoms with E-state index in [1.165, 1.54) is 13.1 Å². The molecule has 1 aromatic rings. The van der Waals surface area contributed by atoms with E-state index in [1.54, 1.807) is 0 Å². The molecule has 2 heterocycles. The van der Waals surface area contributed by atoms with E-state index in [0.717, 1.165) is 4.57 Å². The van der Waals surface area contributed by atoms with Crippen LogP contribution in [0.1, 0.15) is 12.0 Å². The lowest BCUT2D eigenvalue weighted by molar-refractivity contribution is -0.163. The number of aromatic amines is 1. The molecule has 1 aliphatic heterocycles. The molecule has 124 valence electrons. The van der Waals surface area contributed by atoms with Gasteiger partial charge in [0.1, 0.15) is 18.3 Å². The molecule has 0 saturated carbocycles. The number of hydrogen-bond acceptors (Lipinski definition) is 8. The summed E-state index contributed by atoms with van der Waals surface area (Å²) in [7, 11) is 0. The van der Waals surface area contributed by atoms with Crippen LogP contribution < -0.4 is 17.1 Å². The van der Waals surface area contributed by atoms with E-state index in [4.69, 9.17) is 10.6 Å². The highest BCUT2D eigenvalue weighted by Gasteiger charge is 2.55. The number of nitrogens with one attached hydrogen (secondary N) is 1. The summed E-state index contributed by atoms with van der Waals surface area (Å²) in [5.74, 6) is 4.99. The Morgan fingerprint density at radius 1 is 1.50 bits per heavy atom. The summed E-state index contributed by atoms with van der Waals surface area (Å²) in [6.07, 6.45) is -2.90. The van der Waals surface area contributed by atoms with Crippen LogP contribution in [0.2, 0.25) is 0 Å². The predicted octanol–water partition coefficient (Wildman–Crippen LogP) is -3.11. The fraction of sp³-hybridized carbons (Fsp3) is 0.667. The molecule has 10 heteroatoms. The number of H-pyrrole nitrogens is 1. The largest absolute Gasteiger partial charge is 0.394 e. The van der Waals surface area contributed by atoms with Gasteiger partial charge in [-0.25, -0.2) is 10.7 Å². The second kappa shape index (κ2) is 6.28. The van der Waals surface area contributed by atoms with Gasteiger partial charge in [0.05, 0.1) is 13.2 Å². The van der Waals surface area contributed by atoms with Gasteiger partial charge in [-0.1, -0.05) is 0 Å². The van der Waals surface area contributed by atoms with E-state index < -0.39 is 41.9 Å². The Kier molecular flexibility index (Phi) is 4.80. The first kappa shape index (κ1) is 16.8. The van der Waals surface area contributed by atoms with Crippen molar-refractivity contribution in [2.75, 3.05) is 13.2 Å². The Morgan fingerprint density at radius 2 is 2.18 bits per heavy atom. The molecule has 0 amide bonds. The molecular weight excluding hydrogens is 298 g/mol. The molecule has 2 rings (SSSR count). The van der Waals surface area contributed by atoms with E-state index >= 15 is 0 Å². The summed E-state index contributed by atoms with van der Waals surface area (Å²) in [5, 5.41) is 29.5. The van der Waals surface area contributed by atoms with Crippen LogP contribution in [0.5, 0.6) is 0 Å². The molecule has 0 unspecified atom stereocenters. The molecule has 1 aromatic heterocycles. The van der Waals surface area contributed by atoms with E-state index in [9.17, 15) is 24.9 Å². The standard InChI is InChI=1S/C12H19N3O7/c1-6-4-15(11(20)14-10(6)19)12(2-3-21-13)9(18)8(17)7(5-16)22-12/h4,7-9,16-18H,2-3,5,13H2,1H3,(H,14,19,20)/t7-,8-,9-,12-/m1/s1. The number of rotatable bonds is 5. The van der Waals surface area contributed by atoms with Crippen molar-refractivity contribution in [2.45, 2.75) is 37.4 Å². The maximum absolute atomic E-state index is 12.1. The molecule has 1 saturated heterocycles. The Balaban J connectivity index is 2.58. The van der Waals surface area contributed by atoms with Crippen LogP contribution in [0, 0.1) is 6.92 Å². The Hall–Kier alpha value is -1.56. The first-order chi connectivity index (χ1) is 10.4. The normalized spacial score (nSPS) is 31.6. The average molecular weight is 317 g/mol. The number of nitrogens with zero attached hydrogens (tertiary/aromatic N) is 1. The lowest BCUT2D eigenvalue weighted by atomic mass is 9.99. The zero-order valence-corrected chi connectivity index (χ0v) is 11.9. The average Bonchev–Trinajstić information content (AvgIpc) is 2.74. The molecule has 0 spiro atoms. The van der Waals surface area contributed by atoms with Crippen LogP contribution in [0.15, 0.2) is 15.8 Å². The second-order valence-corrected chi connectivity index (χ2v) is 5.18. The van der Waals surface area contributed by atoms with Crippen molar-refractivity contribution in [2.24, 2.45) is 5.90 Å². The minimum absolute atomic E-state index is 0.0797. The molecule has 6 N–H and O–H groups in total. The van der Waals surface area contributed by atoms with Gasteiger partial charge >= 0.3 is 5.69 Å². The Labute approximate surface area is 124 Å². The molecule has 22 heavy (non-hydrogen) atoms. The van der Waals surface area contributed by atoms with Crippen LogP contribution in [0.25, 0.3) is 0 Å². The van der Waals surface area contributed by atoms with Crippen molar-refractivity contribution in [3.8, 4) is 0 Å². The maximum atomic E-state index is 12.1. The topological polar surface area (TPSA) is 160 Å². The molecule has 0 radical (unpaired) electrons. The number of aromatic nitrogens is 2. The van der Waals surface area contributed by atoms with Crippen LogP contribution in [-0.2, 0) is 15.3 Å². The molecule has 1 aliphatic rings. The van der Waals surface area contributed by atoms with Crippen molar-refractivity contribution < 1.29 is 24.9 Å². The zero-order chi connectivity index (χ0) is 16.5. The number of hydrogen-bond donors (Lipinski definition) is 5. The molecular formula is C12H19N3O7. The lowest BCUT2D eigenvalue weighted by Crippen LogP contribution is -2.52. The number of aliphatic hydroxyl groups is 3. The molecule has 0 aliphatic carbocycles.